The fraction of sp³-hybridized carbons (Fsp3) is 0.967. The Morgan fingerprint density at radius 3 is 2.18 bits per heavy atom. The molecule has 1 saturated heterocycles. The second kappa shape index (κ2) is 7.09. The van der Waals surface area contributed by atoms with Crippen LogP contribution < -0.4 is 0 Å². The first kappa shape index (κ1) is 24.3. The zero-order valence-corrected chi connectivity index (χ0v) is 22.7. The van der Waals surface area contributed by atoms with Crippen molar-refractivity contribution in [1.82, 2.24) is 0 Å². The first-order chi connectivity index (χ1) is 15.1. The van der Waals surface area contributed by atoms with Gasteiger partial charge in [0.15, 0.2) is 0 Å². The van der Waals surface area contributed by atoms with E-state index in [1.165, 1.54) is 44.9 Å². The minimum absolute atomic E-state index is 0.0538. The quantitative estimate of drug-likeness (QED) is 0.462. The lowest BCUT2D eigenvalue weighted by molar-refractivity contribution is -0.282. The van der Waals surface area contributed by atoms with Crippen LogP contribution in [0.4, 0.5) is 0 Å². The molecule has 0 aromatic carbocycles. The maximum Gasteiger partial charge on any atom is 0.138 e. The largest absolute Gasteiger partial charge is 0.388 e. The average molecular weight is 459 g/mol. The Morgan fingerprint density at radius 1 is 0.818 bits per heavy atom. The van der Waals surface area contributed by atoms with Crippen molar-refractivity contribution in [2.24, 2.45) is 44.8 Å². The molecule has 5 rings (SSSR count). The van der Waals surface area contributed by atoms with Crippen LogP contribution in [0.5, 0.6) is 0 Å². The van der Waals surface area contributed by atoms with Gasteiger partial charge in [0, 0.05) is 11.8 Å². The van der Waals surface area contributed by atoms with E-state index in [9.17, 15) is 9.90 Å². The number of ketones is 1. The summed E-state index contributed by atoms with van der Waals surface area (Å²) in [6.45, 7) is 18.6. The highest BCUT2D eigenvalue weighted by Gasteiger charge is 2.70. The molecular formula is C30H50O3. The molecule has 9 atom stereocenters. The van der Waals surface area contributed by atoms with E-state index in [1.54, 1.807) is 0 Å². The van der Waals surface area contributed by atoms with Gasteiger partial charge in [0.25, 0.3) is 0 Å². The number of rotatable bonds is 1. The molecule has 33 heavy (non-hydrogen) atoms. The molecule has 5 aliphatic rings. The van der Waals surface area contributed by atoms with Crippen molar-refractivity contribution >= 4 is 5.78 Å². The molecular weight excluding hydrogens is 408 g/mol. The van der Waals surface area contributed by atoms with Gasteiger partial charge in [-0.25, -0.2) is 0 Å². The van der Waals surface area contributed by atoms with Crippen LogP contribution in [0.3, 0.4) is 0 Å². The van der Waals surface area contributed by atoms with Gasteiger partial charge in [0.1, 0.15) is 5.78 Å². The van der Waals surface area contributed by atoms with E-state index in [-0.39, 0.29) is 33.9 Å². The van der Waals surface area contributed by atoms with Crippen molar-refractivity contribution in [2.75, 3.05) is 0 Å². The maximum absolute atomic E-state index is 12.9. The molecule has 1 aliphatic heterocycles. The van der Waals surface area contributed by atoms with Gasteiger partial charge >= 0.3 is 0 Å². The van der Waals surface area contributed by atoms with E-state index < -0.39 is 5.60 Å². The molecule has 4 saturated carbocycles. The molecule has 0 aromatic rings. The lowest BCUT2D eigenvalue weighted by atomic mass is 9.33. The maximum atomic E-state index is 12.9. The van der Waals surface area contributed by atoms with Gasteiger partial charge in [-0.05, 0) is 111 Å². The van der Waals surface area contributed by atoms with Gasteiger partial charge < -0.3 is 9.84 Å². The standard InChI is InChI=1S/C30H50O3/c1-25(2)20-11-16-30(8)21(28(20,6)15-12-22(25)31)10-9-19-24-27(5,17-18-29(19,30)7)14-13-23(33-24)26(3,4)32/h19-21,23-24,32H,9-18H2,1-8H3/t19-,20+,21-,23+,24-,27-,28+,29-,30-/m1/s1. The molecule has 0 amide bonds. The molecule has 3 nitrogen and oxygen atoms in total. The summed E-state index contributed by atoms with van der Waals surface area (Å²) in [4.78, 5) is 12.9. The summed E-state index contributed by atoms with van der Waals surface area (Å²) in [5.74, 6) is 2.27. The summed E-state index contributed by atoms with van der Waals surface area (Å²) in [7, 11) is 0. The van der Waals surface area contributed by atoms with Gasteiger partial charge in [-0.1, -0.05) is 41.5 Å². The van der Waals surface area contributed by atoms with Crippen LogP contribution in [0.1, 0.15) is 120 Å². The van der Waals surface area contributed by atoms with Crippen LogP contribution in [0, 0.1) is 44.8 Å². The zero-order valence-electron chi connectivity index (χ0n) is 22.7. The Hall–Kier alpha value is -0.410. The highest BCUT2D eigenvalue weighted by molar-refractivity contribution is 5.85. The van der Waals surface area contributed by atoms with Crippen molar-refractivity contribution in [2.45, 2.75) is 137 Å². The number of fused-ring (bicyclic) bond motifs is 7. The van der Waals surface area contributed by atoms with E-state index >= 15 is 0 Å². The molecule has 1 N–H and O–H groups in total. The zero-order chi connectivity index (χ0) is 24.2. The second-order valence-corrected chi connectivity index (χ2v) is 15.2. The molecule has 3 heteroatoms. The number of hydrogen-bond donors (Lipinski definition) is 1. The SMILES string of the molecule is CC(C)(O)[C@@H]1CC[C@]2(C)CC[C@]3(C)[C@H](CC[C@@H]4[C@@]5(C)CCC(=O)C(C)(C)[C@@H]5CC[C@]43C)[C@H]2O1. The normalized spacial score (nSPS) is 54.0. The minimum atomic E-state index is -0.776. The molecule has 0 radical (unpaired) electrons. The van der Waals surface area contributed by atoms with Crippen molar-refractivity contribution < 1.29 is 14.6 Å². The van der Waals surface area contributed by atoms with Crippen LogP contribution in [0.15, 0.2) is 0 Å². The Bertz CT molecular complexity index is 825. The number of Topliss-reactive ketones (excluding diaryl/α,β-unsaturated/α-hetero) is 1. The summed E-state index contributed by atoms with van der Waals surface area (Å²) in [5, 5.41) is 10.8. The summed E-state index contributed by atoms with van der Waals surface area (Å²) in [6, 6.07) is 0. The van der Waals surface area contributed by atoms with Gasteiger partial charge in [0.2, 0.25) is 0 Å². The third-order valence-electron chi connectivity index (χ3n) is 13.0. The summed E-state index contributed by atoms with van der Waals surface area (Å²) >= 11 is 0. The molecule has 4 aliphatic carbocycles. The molecule has 188 valence electrons. The van der Waals surface area contributed by atoms with Crippen molar-refractivity contribution in [3.05, 3.63) is 0 Å². The van der Waals surface area contributed by atoms with Gasteiger partial charge in [-0.2, -0.15) is 0 Å². The predicted octanol–water partition coefficient (Wildman–Crippen LogP) is 6.95. The minimum Gasteiger partial charge on any atom is -0.388 e. The Labute approximate surface area is 202 Å². The fourth-order valence-corrected chi connectivity index (χ4v) is 10.7. The number of hydrogen-bond acceptors (Lipinski definition) is 3. The highest BCUT2D eigenvalue weighted by atomic mass is 16.5. The summed E-state index contributed by atoms with van der Waals surface area (Å²) in [6.07, 6.45) is 11.7. The van der Waals surface area contributed by atoms with Crippen LogP contribution in [-0.2, 0) is 9.53 Å². The van der Waals surface area contributed by atoms with E-state index in [4.69, 9.17) is 4.74 Å². The lowest BCUT2D eigenvalue weighted by Crippen LogP contribution is -2.68. The third-order valence-corrected chi connectivity index (χ3v) is 13.0. The van der Waals surface area contributed by atoms with Crippen LogP contribution in [0.25, 0.3) is 0 Å². The lowest BCUT2D eigenvalue weighted by Gasteiger charge is -2.72. The monoisotopic (exact) mass is 458 g/mol. The predicted molar refractivity (Wildman–Crippen MR) is 133 cm³/mol. The average Bonchev–Trinajstić information content (AvgIpc) is 2.71. The molecule has 0 spiro atoms. The first-order valence-electron chi connectivity index (χ1n) is 14.0. The number of ether oxygens (including phenoxy) is 1. The number of carbonyl (C=O) groups is 1. The van der Waals surface area contributed by atoms with E-state index in [1.807, 2.05) is 13.8 Å². The highest BCUT2D eigenvalue weighted by Crippen LogP contribution is 2.75. The van der Waals surface area contributed by atoms with E-state index in [0.717, 1.165) is 19.3 Å². The second-order valence-electron chi connectivity index (χ2n) is 15.2. The summed E-state index contributed by atoms with van der Waals surface area (Å²) in [5.41, 5.74) is 0.120. The molecule has 5 fully saturated rings. The van der Waals surface area contributed by atoms with Crippen LogP contribution in [0.2, 0.25) is 0 Å². The molecule has 0 bridgehead atoms. The first-order valence-corrected chi connectivity index (χ1v) is 14.0. The number of aliphatic hydroxyl groups is 1. The van der Waals surface area contributed by atoms with Crippen molar-refractivity contribution in [3.8, 4) is 0 Å². The Balaban J connectivity index is 1.50. The Kier molecular flexibility index (Phi) is 5.22. The topological polar surface area (TPSA) is 46.5 Å². The fourth-order valence-electron chi connectivity index (χ4n) is 10.7. The van der Waals surface area contributed by atoms with E-state index in [2.05, 4.69) is 41.5 Å². The van der Waals surface area contributed by atoms with Gasteiger partial charge in [0.05, 0.1) is 17.8 Å². The number of carbonyl (C=O) groups excluding carboxylic acids is 1. The van der Waals surface area contributed by atoms with Gasteiger partial charge in [-0.3, -0.25) is 4.79 Å². The van der Waals surface area contributed by atoms with Crippen LogP contribution >= 0.6 is 0 Å². The van der Waals surface area contributed by atoms with Crippen molar-refractivity contribution in [1.29, 1.82) is 0 Å². The third kappa shape index (κ3) is 3.09. The van der Waals surface area contributed by atoms with E-state index in [0.29, 0.717) is 29.0 Å². The van der Waals surface area contributed by atoms with Crippen molar-refractivity contribution in [3.63, 3.8) is 0 Å². The Morgan fingerprint density at radius 2 is 1.52 bits per heavy atom. The van der Waals surface area contributed by atoms with Gasteiger partial charge in [-0.15, -0.1) is 0 Å². The molecule has 0 aromatic heterocycles. The smallest absolute Gasteiger partial charge is 0.138 e. The molecule has 0 unspecified atom stereocenters. The summed E-state index contributed by atoms with van der Waals surface area (Å²) < 4.78 is 6.90. The van der Waals surface area contributed by atoms with Crippen LogP contribution in [-0.4, -0.2) is 28.7 Å². The molecule has 1 heterocycles.